The summed E-state index contributed by atoms with van der Waals surface area (Å²) in [6.45, 7) is 0.0468. The summed E-state index contributed by atoms with van der Waals surface area (Å²) in [6, 6.07) is 7.40. The molecular weight excluding hydrogens is 409 g/mol. The van der Waals surface area contributed by atoms with Gasteiger partial charge in [-0.05, 0) is 30.2 Å². The molecule has 2 aromatic rings. The largest absolute Gasteiger partial charge is 0.484 e. The minimum absolute atomic E-state index is 0.0877. The molecule has 6 nitrogen and oxygen atoms in total. The van der Waals surface area contributed by atoms with Gasteiger partial charge in [-0.2, -0.15) is 13.2 Å². The zero-order valence-corrected chi connectivity index (χ0v) is 16.1. The Morgan fingerprint density at radius 2 is 2.00 bits per heavy atom. The molecule has 3 rings (SSSR count). The number of ether oxygens (including phenoxy) is 1. The van der Waals surface area contributed by atoms with Crippen LogP contribution in [-0.4, -0.2) is 50.1 Å². The van der Waals surface area contributed by atoms with Gasteiger partial charge < -0.3 is 14.7 Å². The third-order valence-corrected chi connectivity index (χ3v) is 6.32. The Kier molecular flexibility index (Phi) is 6.53. The highest BCUT2D eigenvalue weighted by Gasteiger charge is 2.38. The molecule has 1 unspecified atom stereocenters. The molecule has 0 radical (unpaired) electrons. The van der Waals surface area contributed by atoms with Crippen molar-refractivity contribution in [1.82, 2.24) is 9.88 Å². The normalized spacial score (nSPS) is 17.9. The highest BCUT2D eigenvalue weighted by atomic mass is 32.2. The maximum atomic E-state index is 13.2. The van der Waals surface area contributed by atoms with Gasteiger partial charge in [0.15, 0.2) is 6.61 Å². The zero-order chi connectivity index (χ0) is 21.0. The van der Waals surface area contributed by atoms with Gasteiger partial charge in [0.05, 0.1) is 33.1 Å². The summed E-state index contributed by atoms with van der Waals surface area (Å²) in [6.07, 6.45) is -2.31. The molecule has 29 heavy (non-hydrogen) atoms. The second-order valence-corrected chi connectivity index (χ2v) is 8.21. The van der Waals surface area contributed by atoms with Crippen LogP contribution in [-0.2, 0) is 28.4 Å². The SMILES string of the molecule is O=C(COc1ccc(CO)cc1)N1CCC([S@@](=O)c2cnccc2C(F)(F)F)C1. The van der Waals surface area contributed by atoms with Crippen molar-refractivity contribution in [1.29, 1.82) is 0 Å². The van der Waals surface area contributed by atoms with Crippen molar-refractivity contribution in [3.63, 3.8) is 0 Å². The van der Waals surface area contributed by atoms with Crippen molar-refractivity contribution in [2.24, 2.45) is 0 Å². The molecule has 1 saturated heterocycles. The van der Waals surface area contributed by atoms with E-state index in [1.807, 2.05) is 0 Å². The molecule has 1 aliphatic heterocycles. The molecular formula is C19H19F3N2O4S. The molecule has 1 amide bonds. The highest BCUT2D eigenvalue weighted by molar-refractivity contribution is 7.85. The Morgan fingerprint density at radius 3 is 2.66 bits per heavy atom. The smallest absolute Gasteiger partial charge is 0.417 e. The van der Waals surface area contributed by atoms with Gasteiger partial charge in [0.1, 0.15) is 5.75 Å². The van der Waals surface area contributed by atoms with Crippen LogP contribution in [0.25, 0.3) is 0 Å². The maximum Gasteiger partial charge on any atom is 0.417 e. The monoisotopic (exact) mass is 428 g/mol. The van der Waals surface area contributed by atoms with Gasteiger partial charge in [-0.3, -0.25) is 14.0 Å². The summed E-state index contributed by atoms with van der Waals surface area (Å²) in [4.78, 5) is 17.1. The predicted molar refractivity (Wildman–Crippen MR) is 98.5 cm³/mol. The Hall–Kier alpha value is -2.46. The van der Waals surface area contributed by atoms with Gasteiger partial charge in [-0.15, -0.1) is 0 Å². The Bertz CT molecular complexity index is 890. The predicted octanol–water partition coefficient (Wildman–Crippen LogP) is 2.38. The number of benzene rings is 1. The minimum atomic E-state index is -4.62. The van der Waals surface area contributed by atoms with E-state index < -0.39 is 27.8 Å². The molecule has 0 aliphatic carbocycles. The van der Waals surface area contributed by atoms with Gasteiger partial charge in [-0.25, -0.2) is 0 Å². The Labute approximate surface area is 167 Å². The van der Waals surface area contributed by atoms with E-state index >= 15 is 0 Å². The molecule has 1 aromatic carbocycles. The second kappa shape index (κ2) is 8.91. The number of hydrogen-bond donors (Lipinski definition) is 1. The molecule has 1 aliphatic rings. The molecule has 1 aromatic heterocycles. The standard InChI is InChI=1S/C19H19F3N2O4S/c20-19(21,22)16-5-7-23-9-17(16)29(27)15-6-8-24(10-15)18(26)12-28-14-3-1-13(11-25)2-4-14/h1-5,7,9,15,25H,6,8,10-12H2/t15?,29-/m1/s1. The third kappa shape index (κ3) is 5.13. The first-order valence-electron chi connectivity index (χ1n) is 8.81. The van der Waals surface area contributed by atoms with Crippen molar-refractivity contribution >= 4 is 16.7 Å². The van der Waals surface area contributed by atoms with Crippen LogP contribution in [0.3, 0.4) is 0 Å². The van der Waals surface area contributed by atoms with E-state index in [-0.39, 0.29) is 30.6 Å². The molecule has 2 atom stereocenters. The number of nitrogens with zero attached hydrogens (tertiary/aromatic N) is 2. The molecule has 1 N–H and O–H groups in total. The Morgan fingerprint density at radius 1 is 1.28 bits per heavy atom. The molecule has 0 spiro atoms. The van der Waals surface area contributed by atoms with Crippen LogP contribution in [0.1, 0.15) is 17.5 Å². The molecule has 0 saturated carbocycles. The van der Waals surface area contributed by atoms with Crippen LogP contribution in [0, 0.1) is 0 Å². The van der Waals surface area contributed by atoms with E-state index in [0.29, 0.717) is 24.3 Å². The molecule has 2 heterocycles. The average molecular weight is 428 g/mol. The summed E-state index contributed by atoms with van der Waals surface area (Å²) in [5.74, 6) is 0.123. The van der Waals surface area contributed by atoms with Crippen LogP contribution in [0.15, 0.2) is 47.6 Å². The summed E-state index contributed by atoms with van der Waals surface area (Å²) in [7, 11) is -1.94. The van der Waals surface area contributed by atoms with Crippen LogP contribution >= 0.6 is 0 Å². The van der Waals surface area contributed by atoms with Crippen LogP contribution in [0.5, 0.6) is 5.75 Å². The number of rotatable bonds is 6. The number of aliphatic hydroxyl groups is 1. The first-order chi connectivity index (χ1) is 13.8. The van der Waals surface area contributed by atoms with Crippen LogP contribution in [0.4, 0.5) is 13.2 Å². The zero-order valence-electron chi connectivity index (χ0n) is 15.3. The van der Waals surface area contributed by atoms with Gasteiger partial charge in [0.25, 0.3) is 5.91 Å². The second-order valence-electron chi connectivity index (χ2n) is 6.51. The molecule has 10 heteroatoms. The van der Waals surface area contributed by atoms with E-state index in [4.69, 9.17) is 9.84 Å². The number of carbonyl (C=O) groups is 1. The average Bonchev–Trinajstić information content (AvgIpc) is 3.21. The summed E-state index contributed by atoms with van der Waals surface area (Å²) in [5.41, 5.74) is -0.257. The fourth-order valence-electron chi connectivity index (χ4n) is 3.01. The van der Waals surface area contributed by atoms with Crippen molar-refractivity contribution in [3.05, 3.63) is 53.9 Å². The van der Waals surface area contributed by atoms with Crippen molar-refractivity contribution in [2.45, 2.75) is 29.3 Å². The van der Waals surface area contributed by atoms with E-state index in [2.05, 4.69) is 4.98 Å². The fraction of sp³-hybridized carbons (Fsp3) is 0.368. The van der Waals surface area contributed by atoms with Gasteiger partial charge in [0, 0.05) is 25.5 Å². The number of aromatic nitrogens is 1. The lowest BCUT2D eigenvalue weighted by Gasteiger charge is -2.18. The summed E-state index contributed by atoms with van der Waals surface area (Å²) in [5, 5.41) is 8.41. The quantitative estimate of drug-likeness (QED) is 0.764. The maximum absolute atomic E-state index is 13.2. The van der Waals surface area contributed by atoms with E-state index in [9.17, 15) is 22.2 Å². The fourth-order valence-corrected chi connectivity index (χ4v) is 4.57. The van der Waals surface area contributed by atoms with Crippen molar-refractivity contribution in [3.8, 4) is 5.75 Å². The summed E-state index contributed by atoms with van der Waals surface area (Å²) >= 11 is 0. The lowest BCUT2D eigenvalue weighted by atomic mass is 10.2. The van der Waals surface area contributed by atoms with Gasteiger partial charge in [-0.1, -0.05) is 12.1 Å². The third-order valence-electron chi connectivity index (χ3n) is 4.58. The number of carbonyl (C=O) groups excluding carboxylic acids is 1. The lowest BCUT2D eigenvalue weighted by molar-refractivity contribution is -0.140. The van der Waals surface area contributed by atoms with Gasteiger partial charge >= 0.3 is 6.18 Å². The topological polar surface area (TPSA) is 79.7 Å². The molecule has 1 fully saturated rings. The number of amides is 1. The minimum Gasteiger partial charge on any atom is -0.484 e. The molecule has 0 bridgehead atoms. The number of alkyl halides is 3. The Balaban J connectivity index is 1.59. The number of pyridine rings is 1. The highest BCUT2D eigenvalue weighted by Crippen LogP contribution is 2.34. The van der Waals surface area contributed by atoms with E-state index in [1.165, 1.54) is 4.90 Å². The van der Waals surface area contributed by atoms with Crippen molar-refractivity contribution < 1.29 is 32.0 Å². The van der Waals surface area contributed by atoms with Crippen LogP contribution < -0.4 is 4.74 Å². The number of hydrogen-bond acceptors (Lipinski definition) is 5. The van der Waals surface area contributed by atoms with Crippen LogP contribution in [0.2, 0.25) is 0 Å². The summed E-state index contributed by atoms with van der Waals surface area (Å²) < 4.78 is 57.6. The number of halogens is 3. The number of aliphatic hydroxyl groups excluding tert-OH is 1. The first kappa shape index (κ1) is 21.3. The first-order valence-corrected chi connectivity index (χ1v) is 10.0. The number of likely N-dealkylation sites (tertiary alicyclic amines) is 1. The lowest BCUT2D eigenvalue weighted by Crippen LogP contribution is -2.34. The van der Waals surface area contributed by atoms with E-state index in [0.717, 1.165) is 18.5 Å². The van der Waals surface area contributed by atoms with Gasteiger partial charge in [0.2, 0.25) is 0 Å². The molecule has 156 valence electrons. The van der Waals surface area contributed by atoms with Crippen molar-refractivity contribution in [2.75, 3.05) is 19.7 Å². The van der Waals surface area contributed by atoms with E-state index in [1.54, 1.807) is 24.3 Å².